The van der Waals surface area contributed by atoms with E-state index in [0.29, 0.717) is 11.3 Å². The molecule has 0 aromatic heterocycles. The van der Waals surface area contributed by atoms with Gasteiger partial charge in [-0.3, -0.25) is 0 Å². The van der Waals surface area contributed by atoms with Gasteiger partial charge >= 0.3 is 5.97 Å². The number of unbranched alkanes of at least 4 members (excludes halogenated alkanes) is 5. The number of aryl methyl sites for hydroxylation is 1. The van der Waals surface area contributed by atoms with E-state index in [1.807, 2.05) is 12.1 Å². The molecule has 1 aromatic carbocycles. The fourth-order valence-corrected chi connectivity index (χ4v) is 2.46. The van der Waals surface area contributed by atoms with Crippen molar-refractivity contribution in [3.8, 4) is 5.75 Å². The minimum Gasteiger partial charge on any atom is -0.496 e. The van der Waals surface area contributed by atoms with Gasteiger partial charge in [0, 0.05) is 0 Å². The highest BCUT2D eigenvalue weighted by Gasteiger charge is 2.17. The largest absolute Gasteiger partial charge is 0.496 e. The topological polar surface area (TPSA) is 61.5 Å². The van der Waals surface area contributed by atoms with Gasteiger partial charge in [0.1, 0.15) is 11.3 Å². The van der Waals surface area contributed by atoms with Gasteiger partial charge in [0.05, 0.1) is 14.2 Å². The molecule has 0 amide bonds. The number of hydrogen-bond acceptors (Lipinski definition) is 4. The predicted molar refractivity (Wildman–Crippen MR) is 84.8 cm³/mol. The molecular formula is C17H27NO3. The third kappa shape index (κ3) is 5.76. The Hall–Kier alpha value is -1.55. The molecule has 0 bridgehead atoms. The van der Waals surface area contributed by atoms with Gasteiger partial charge in [-0.2, -0.15) is 0 Å². The maximum Gasteiger partial charge on any atom is 0.341 e. The molecule has 4 nitrogen and oxygen atoms in total. The number of methoxy groups -OCH3 is 2. The summed E-state index contributed by atoms with van der Waals surface area (Å²) in [5.74, 6) is 0.257. The standard InChI is InChI=1S/C17H27NO3/c1-20-15-12-9-11-14(16(15)17(19)21-2)10-7-5-3-4-6-8-13-18/h9,11-12H,3-8,10,13,18H2,1-2H3. The highest BCUT2D eigenvalue weighted by Crippen LogP contribution is 2.24. The van der Waals surface area contributed by atoms with Crippen LogP contribution in [0, 0.1) is 0 Å². The minimum atomic E-state index is -0.328. The molecule has 0 aliphatic rings. The number of rotatable bonds is 10. The van der Waals surface area contributed by atoms with Crippen molar-refractivity contribution in [2.24, 2.45) is 5.73 Å². The first-order valence-electron chi connectivity index (χ1n) is 7.68. The smallest absolute Gasteiger partial charge is 0.341 e. The summed E-state index contributed by atoms with van der Waals surface area (Å²) in [6.45, 7) is 0.784. The lowest BCUT2D eigenvalue weighted by molar-refractivity contribution is 0.0595. The minimum absolute atomic E-state index is 0.328. The van der Waals surface area contributed by atoms with Crippen molar-refractivity contribution < 1.29 is 14.3 Å². The van der Waals surface area contributed by atoms with Crippen LogP contribution < -0.4 is 10.5 Å². The van der Waals surface area contributed by atoms with Crippen LogP contribution in [-0.4, -0.2) is 26.7 Å². The zero-order valence-electron chi connectivity index (χ0n) is 13.2. The average Bonchev–Trinajstić information content (AvgIpc) is 2.52. The summed E-state index contributed by atoms with van der Waals surface area (Å²) < 4.78 is 10.1. The van der Waals surface area contributed by atoms with E-state index < -0.39 is 0 Å². The monoisotopic (exact) mass is 293 g/mol. The number of esters is 1. The molecule has 118 valence electrons. The quantitative estimate of drug-likeness (QED) is 0.531. The van der Waals surface area contributed by atoms with Crippen LogP contribution in [0.1, 0.15) is 54.4 Å². The zero-order chi connectivity index (χ0) is 15.5. The second-order valence-electron chi connectivity index (χ2n) is 5.15. The molecule has 0 unspecified atom stereocenters. The molecule has 0 atom stereocenters. The molecule has 0 saturated heterocycles. The summed E-state index contributed by atoms with van der Waals surface area (Å²) in [5.41, 5.74) is 7.04. The molecule has 0 spiro atoms. The maximum atomic E-state index is 11.9. The van der Waals surface area contributed by atoms with Gasteiger partial charge in [0.25, 0.3) is 0 Å². The first-order chi connectivity index (χ1) is 10.2. The molecule has 0 fully saturated rings. The first-order valence-corrected chi connectivity index (χ1v) is 7.68. The summed E-state index contributed by atoms with van der Waals surface area (Å²) >= 11 is 0. The summed E-state index contributed by atoms with van der Waals surface area (Å²) in [4.78, 5) is 11.9. The summed E-state index contributed by atoms with van der Waals surface area (Å²) in [6.07, 6.45) is 7.89. The fourth-order valence-electron chi connectivity index (χ4n) is 2.46. The molecule has 0 heterocycles. The van der Waals surface area contributed by atoms with Gasteiger partial charge in [0.2, 0.25) is 0 Å². The van der Waals surface area contributed by atoms with E-state index in [1.54, 1.807) is 13.2 Å². The van der Waals surface area contributed by atoms with Gasteiger partial charge in [-0.15, -0.1) is 0 Å². The van der Waals surface area contributed by atoms with Crippen LogP contribution in [-0.2, 0) is 11.2 Å². The van der Waals surface area contributed by atoms with E-state index in [-0.39, 0.29) is 5.97 Å². The van der Waals surface area contributed by atoms with E-state index in [4.69, 9.17) is 15.2 Å². The van der Waals surface area contributed by atoms with Crippen LogP contribution in [0.2, 0.25) is 0 Å². The molecule has 0 radical (unpaired) electrons. The van der Waals surface area contributed by atoms with Crippen LogP contribution in [0.5, 0.6) is 5.75 Å². The third-order valence-electron chi connectivity index (χ3n) is 3.62. The molecule has 0 aliphatic heterocycles. The zero-order valence-corrected chi connectivity index (χ0v) is 13.2. The molecule has 4 heteroatoms. The van der Waals surface area contributed by atoms with Crippen LogP contribution in [0.3, 0.4) is 0 Å². The van der Waals surface area contributed by atoms with E-state index >= 15 is 0 Å². The second kappa shape index (κ2) is 10.2. The van der Waals surface area contributed by atoms with Crippen molar-refractivity contribution in [2.45, 2.75) is 44.9 Å². The van der Waals surface area contributed by atoms with E-state index in [1.165, 1.54) is 32.8 Å². The van der Waals surface area contributed by atoms with Crippen molar-refractivity contribution in [1.82, 2.24) is 0 Å². The van der Waals surface area contributed by atoms with Gasteiger partial charge in [-0.1, -0.05) is 37.8 Å². The number of benzene rings is 1. The number of ether oxygens (including phenoxy) is 2. The lowest BCUT2D eigenvalue weighted by atomic mass is 9.99. The van der Waals surface area contributed by atoms with Crippen LogP contribution in [0.25, 0.3) is 0 Å². The van der Waals surface area contributed by atoms with Crippen molar-refractivity contribution in [3.63, 3.8) is 0 Å². The number of carbonyl (C=O) groups excluding carboxylic acids is 1. The van der Waals surface area contributed by atoms with Crippen molar-refractivity contribution >= 4 is 5.97 Å². The average molecular weight is 293 g/mol. The van der Waals surface area contributed by atoms with Gasteiger partial charge in [-0.05, 0) is 37.4 Å². The Labute approximate surface area is 127 Å². The SMILES string of the molecule is COC(=O)c1c(CCCCCCCCN)cccc1OC. The van der Waals surface area contributed by atoms with Crippen LogP contribution in [0.4, 0.5) is 0 Å². The fraction of sp³-hybridized carbons (Fsp3) is 0.588. The van der Waals surface area contributed by atoms with E-state index in [9.17, 15) is 4.79 Å². The molecule has 0 aliphatic carbocycles. The Balaban J connectivity index is 2.52. The summed E-state index contributed by atoms with van der Waals surface area (Å²) in [6, 6.07) is 5.69. The molecule has 1 rings (SSSR count). The van der Waals surface area contributed by atoms with Crippen LogP contribution >= 0.6 is 0 Å². The third-order valence-corrected chi connectivity index (χ3v) is 3.62. The highest BCUT2D eigenvalue weighted by molar-refractivity contribution is 5.94. The molecule has 0 saturated carbocycles. The molecule has 21 heavy (non-hydrogen) atoms. The number of carbonyl (C=O) groups is 1. The summed E-state index contributed by atoms with van der Waals surface area (Å²) in [7, 11) is 2.97. The predicted octanol–water partition coefficient (Wildman–Crippen LogP) is 3.32. The lowest BCUT2D eigenvalue weighted by Gasteiger charge is -2.12. The van der Waals surface area contributed by atoms with Crippen LogP contribution in [0.15, 0.2) is 18.2 Å². The second-order valence-corrected chi connectivity index (χ2v) is 5.15. The lowest BCUT2D eigenvalue weighted by Crippen LogP contribution is -2.08. The normalized spacial score (nSPS) is 10.4. The van der Waals surface area contributed by atoms with Crippen molar-refractivity contribution in [1.29, 1.82) is 0 Å². The Bertz CT molecular complexity index is 432. The van der Waals surface area contributed by atoms with Gasteiger partial charge in [0.15, 0.2) is 0 Å². The molecule has 2 N–H and O–H groups in total. The van der Waals surface area contributed by atoms with E-state index in [0.717, 1.165) is 31.4 Å². The Morgan fingerprint density at radius 2 is 1.71 bits per heavy atom. The van der Waals surface area contributed by atoms with Crippen molar-refractivity contribution in [3.05, 3.63) is 29.3 Å². The Kier molecular flexibility index (Phi) is 8.51. The first kappa shape index (κ1) is 17.5. The van der Waals surface area contributed by atoms with E-state index in [2.05, 4.69) is 0 Å². The highest BCUT2D eigenvalue weighted by atomic mass is 16.5. The van der Waals surface area contributed by atoms with Gasteiger partial charge in [-0.25, -0.2) is 4.79 Å². The summed E-state index contributed by atoms with van der Waals surface area (Å²) in [5, 5.41) is 0. The maximum absolute atomic E-state index is 11.9. The Morgan fingerprint density at radius 3 is 2.33 bits per heavy atom. The number of nitrogens with two attached hydrogens (primary N) is 1. The van der Waals surface area contributed by atoms with Crippen molar-refractivity contribution in [2.75, 3.05) is 20.8 Å². The van der Waals surface area contributed by atoms with Gasteiger partial charge < -0.3 is 15.2 Å². The Morgan fingerprint density at radius 1 is 1.05 bits per heavy atom. The number of hydrogen-bond donors (Lipinski definition) is 1. The molecule has 1 aromatic rings. The molecular weight excluding hydrogens is 266 g/mol.